The molecular formula is C23H19NO5S. The molecule has 0 atom stereocenters. The van der Waals surface area contributed by atoms with Crippen molar-refractivity contribution < 1.29 is 23.7 Å². The minimum atomic E-state index is -0.514. The van der Waals surface area contributed by atoms with Gasteiger partial charge in [0.1, 0.15) is 16.5 Å². The summed E-state index contributed by atoms with van der Waals surface area (Å²) < 4.78 is 21.4. The van der Waals surface area contributed by atoms with E-state index in [-0.39, 0.29) is 5.69 Å². The Morgan fingerprint density at radius 3 is 2.27 bits per heavy atom. The van der Waals surface area contributed by atoms with Crippen LogP contribution in [-0.4, -0.2) is 32.3 Å². The fourth-order valence-electron chi connectivity index (χ4n) is 3.02. The van der Waals surface area contributed by atoms with Crippen molar-refractivity contribution in [3.05, 3.63) is 65.7 Å². The zero-order chi connectivity index (χ0) is 21.1. The molecule has 7 heteroatoms. The summed E-state index contributed by atoms with van der Waals surface area (Å²) >= 11 is 1.36. The first-order chi connectivity index (χ1) is 14.6. The van der Waals surface area contributed by atoms with Crippen molar-refractivity contribution in [3.63, 3.8) is 0 Å². The molecule has 0 fully saturated rings. The Balaban J connectivity index is 1.55. The van der Waals surface area contributed by atoms with Crippen LogP contribution in [0.2, 0.25) is 0 Å². The van der Waals surface area contributed by atoms with Crippen molar-refractivity contribution in [3.8, 4) is 33.6 Å². The highest BCUT2D eigenvalue weighted by atomic mass is 32.1. The van der Waals surface area contributed by atoms with Gasteiger partial charge in [-0.15, -0.1) is 11.3 Å². The zero-order valence-electron chi connectivity index (χ0n) is 16.7. The SMILES string of the molecule is COc1ccc2ccc(OC(=O)c3csc(-c4ccc(OC)c(OC)c4)n3)cc2c1. The molecule has 0 amide bonds. The van der Waals surface area contributed by atoms with E-state index >= 15 is 0 Å². The average molecular weight is 421 g/mol. The first-order valence-corrected chi connectivity index (χ1v) is 9.97. The van der Waals surface area contributed by atoms with Gasteiger partial charge in [0.15, 0.2) is 17.2 Å². The Morgan fingerprint density at radius 2 is 1.53 bits per heavy atom. The van der Waals surface area contributed by atoms with Crippen LogP contribution in [0.4, 0.5) is 0 Å². The van der Waals surface area contributed by atoms with E-state index in [1.807, 2.05) is 36.4 Å². The second kappa shape index (κ2) is 8.42. The minimum Gasteiger partial charge on any atom is -0.497 e. The molecule has 4 aromatic rings. The maximum Gasteiger partial charge on any atom is 0.363 e. The summed E-state index contributed by atoms with van der Waals surface area (Å²) in [6.45, 7) is 0. The molecule has 0 aliphatic rings. The molecule has 152 valence electrons. The van der Waals surface area contributed by atoms with Crippen LogP contribution in [0.3, 0.4) is 0 Å². The van der Waals surface area contributed by atoms with Gasteiger partial charge in [-0.25, -0.2) is 9.78 Å². The third-order valence-electron chi connectivity index (χ3n) is 4.57. The summed E-state index contributed by atoms with van der Waals surface area (Å²) in [5, 5.41) is 4.31. The van der Waals surface area contributed by atoms with Gasteiger partial charge < -0.3 is 18.9 Å². The number of aromatic nitrogens is 1. The maximum absolute atomic E-state index is 12.6. The number of carbonyl (C=O) groups is 1. The van der Waals surface area contributed by atoms with Crippen molar-refractivity contribution >= 4 is 28.1 Å². The van der Waals surface area contributed by atoms with Crippen LogP contribution in [0.1, 0.15) is 10.5 Å². The lowest BCUT2D eigenvalue weighted by Crippen LogP contribution is -2.08. The lowest BCUT2D eigenvalue weighted by molar-refractivity contribution is 0.0730. The molecule has 1 aromatic heterocycles. The molecule has 0 spiro atoms. The molecule has 4 rings (SSSR count). The fraction of sp³-hybridized carbons (Fsp3) is 0.130. The van der Waals surface area contributed by atoms with Gasteiger partial charge in [-0.2, -0.15) is 0 Å². The standard InChI is InChI=1S/C23H19NO5S/c1-26-17-7-4-14-5-8-18(11-16(14)10-17)29-23(25)19-13-30-22(24-19)15-6-9-20(27-2)21(12-15)28-3/h4-13H,1-3H3. The molecule has 0 N–H and O–H groups in total. The highest BCUT2D eigenvalue weighted by Crippen LogP contribution is 2.34. The second-order valence-corrected chi connectivity index (χ2v) is 7.23. The molecule has 6 nitrogen and oxygen atoms in total. The summed E-state index contributed by atoms with van der Waals surface area (Å²) in [6.07, 6.45) is 0. The van der Waals surface area contributed by atoms with Gasteiger partial charge in [0.25, 0.3) is 0 Å². The summed E-state index contributed by atoms with van der Waals surface area (Å²) in [7, 11) is 4.77. The number of hydrogen-bond acceptors (Lipinski definition) is 7. The smallest absolute Gasteiger partial charge is 0.363 e. The Labute approximate surface area is 177 Å². The van der Waals surface area contributed by atoms with Crippen LogP contribution in [0.25, 0.3) is 21.3 Å². The van der Waals surface area contributed by atoms with Gasteiger partial charge >= 0.3 is 5.97 Å². The second-order valence-electron chi connectivity index (χ2n) is 6.37. The number of esters is 1. The normalized spacial score (nSPS) is 10.6. The Bertz CT molecular complexity index is 1220. The lowest BCUT2D eigenvalue weighted by atomic mass is 10.1. The molecule has 0 aliphatic carbocycles. The minimum absolute atomic E-state index is 0.246. The summed E-state index contributed by atoms with van der Waals surface area (Å²) in [5.41, 5.74) is 1.07. The van der Waals surface area contributed by atoms with Crippen LogP contribution < -0.4 is 18.9 Å². The van der Waals surface area contributed by atoms with Crippen LogP contribution in [-0.2, 0) is 0 Å². The van der Waals surface area contributed by atoms with E-state index in [2.05, 4.69) is 4.98 Å². The molecular weight excluding hydrogens is 402 g/mol. The first-order valence-electron chi connectivity index (χ1n) is 9.09. The van der Waals surface area contributed by atoms with Crippen LogP contribution in [0.15, 0.2) is 60.0 Å². The topological polar surface area (TPSA) is 66.9 Å². The van der Waals surface area contributed by atoms with E-state index < -0.39 is 5.97 Å². The van der Waals surface area contributed by atoms with Gasteiger partial charge in [0, 0.05) is 10.9 Å². The van der Waals surface area contributed by atoms with E-state index in [1.54, 1.807) is 44.9 Å². The van der Waals surface area contributed by atoms with E-state index in [9.17, 15) is 4.79 Å². The number of ether oxygens (including phenoxy) is 4. The molecule has 30 heavy (non-hydrogen) atoms. The van der Waals surface area contributed by atoms with E-state index in [0.717, 1.165) is 22.1 Å². The Hall–Kier alpha value is -3.58. The molecule has 0 saturated heterocycles. The van der Waals surface area contributed by atoms with Crippen LogP contribution in [0, 0.1) is 0 Å². The molecule has 0 radical (unpaired) electrons. The van der Waals surface area contributed by atoms with Crippen molar-refractivity contribution in [1.82, 2.24) is 4.98 Å². The maximum atomic E-state index is 12.6. The van der Waals surface area contributed by atoms with Crippen LogP contribution >= 0.6 is 11.3 Å². The molecule has 0 aliphatic heterocycles. The number of rotatable bonds is 6. The zero-order valence-corrected chi connectivity index (χ0v) is 17.5. The number of benzene rings is 3. The lowest BCUT2D eigenvalue weighted by Gasteiger charge is -2.08. The predicted octanol–water partition coefficient (Wildman–Crippen LogP) is 5.21. The van der Waals surface area contributed by atoms with Crippen molar-refractivity contribution in [1.29, 1.82) is 0 Å². The fourth-order valence-corrected chi connectivity index (χ4v) is 3.81. The molecule has 3 aromatic carbocycles. The third-order valence-corrected chi connectivity index (χ3v) is 5.46. The molecule has 0 saturated carbocycles. The highest BCUT2D eigenvalue weighted by molar-refractivity contribution is 7.13. The molecule has 1 heterocycles. The Morgan fingerprint density at radius 1 is 0.800 bits per heavy atom. The number of methoxy groups -OCH3 is 3. The highest BCUT2D eigenvalue weighted by Gasteiger charge is 2.16. The van der Waals surface area contributed by atoms with Gasteiger partial charge in [-0.3, -0.25) is 0 Å². The summed E-state index contributed by atoms with van der Waals surface area (Å²) in [4.78, 5) is 17.0. The molecule has 0 unspecified atom stereocenters. The first kappa shape index (κ1) is 19.7. The number of nitrogens with zero attached hydrogens (tertiary/aromatic N) is 1. The van der Waals surface area contributed by atoms with Gasteiger partial charge in [-0.05, 0) is 53.2 Å². The summed E-state index contributed by atoms with van der Waals surface area (Å²) in [6, 6.07) is 16.7. The Kier molecular flexibility index (Phi) is 5.54. The third kappa shape index (κ3) is 3.92. The quantitative estimate of drug-likeness (QED) is 0.315. The van der Waals surface area contributed by atoms with Crippen molar-refractivity contribution in [2.75, 3.05) is 21.3 Å². The molecule has 0 bridgehead atoms. The van der Waals surface area contributed by atoms with Crippen molar-refractivity contribution in [2.45, 2.75) is 0 Å². The predicted molar refractivity (Wildman–Crippen MR) is 116 cm³/mol. The van der Waals surface area contributed by atoms with E-state index in [0.29, 0.717) is 22.3 Å². The average Bonchev–Trinajstić information content (AvgIpc) is 3.28. The number of carbonyl (C=O) groups excluding carboxylic acids is 1. The number of fused-ring (bicyclic) bond motifs is 1. The van der Waals surface area contributed by atoms with E-state index in [1.165, 1.54) is 11.3 Å². The van der Waals surface area contributed by atoms with Gasteiger partial charge in [-0.1, -0.05) is 12.1 Å². The van der Waals surface area contributed by atoms with E-state index in [4.69, 9.17) is 18.9 Å². The summed E-state index contributed by atoms with van der Waals surface area (Å²) in [5.74, 6) is 1.90. The van der Waals surface area contributed by atoms with Crippen molar-refractivity contribution in [2.24, 2.45) is 0 Å². The monoisotopic (exact) mass is 421 g/mol. The number of thiazole rings is 1. The largest absolute Gasteiger partial charge is 0.497 e. The van der Waals surface area contributed by atoms with Crippen LogP contribution in [0.5, 0.6) is 23.0 Å². The van der Waals surface area contributed by atoms with Gasteiger partial charge in [0.2, 0.25) is 0 Å². The van der Waals surface area contributed by atoms with Gasteiger partial charge in [0.05, 0.1) is 21.3 Å². The number of hydrogen-bond donors (Lipinski definition) is 0.